The maximum Gasteiger partial charge on any atom is 0.165 e. The lowest BCUT2D eigenvalue weighted by molar-refractivity contribution is 0.0890. The van der Waals surface area contributed by atoms with Gasteiger partial charge in [-0.25, -0.2) is 4.39 Å². The Balaban J connectivity index is 2.34. The Bertz CT molecular complexity index is 371. The molecule has 1 atom stereocenters. The molecule has 18 heavy (non-hydrogen) atoms. The summed E-state index contributed by atoms with van der Waals surface area (Å²) in [6.07, 6.45) is -0.768. The molecule has 0 aliphatic rings. The minimum Gasteiger partial charge on any atom is -0.488 e. The number of aliphatic hydroxyl groups is 2. The molecule has 1 rings (SSSR count). The highest BCUT2D eigenvalue weighted by Crippen LogP contribution is 2.15. The van der Waals surface area contributed by atoms with Crippen LogP contribution in [-0.2, 0) is 0 Å². The van der Waals surface area contributed by atoms with Crippen molar-refractivity contribution < 1.29 is 19.3 Å². The van der Waals surface area contributed by atoms with Gasteiger partial charge in [0.05, 0.1) is 6.61 Å². The van der Waals surface area contributed by atoms with Crippen LogP contribution >= 0.6 is 0 Å². The molecule has 0 bridgehead atoms. The van der Waals surface area contributed by atoms with Crippen LogP contribution in [0.1, 0.15) is 13.8 Å². The van der Waals surface area contributed by atoms with E-state index in [-0.39, 0.29) is 25.5 Å². The van der Waals surface area contributed by atoms with E-state index in [1.54, 1.807) is 12.1 Å². The van der Waals surface area contributed by atoms with Crippen molar-refractivity contribution in [3.05, 3.63) is 30.1 Å². The van der Waals surface area contributed by atoms with Gasteiger partial charge in [-0.05, 0) is 26.0 Å². The van der Waals surface area contributed by atoms with Gasteiger partial charge in [0, 0.05) is 12.1 Å². The Labute approximate surface area is 106 Å². The molecule has 5 heteroatoms. The van der Waals surface area contributed by atoms with Gasteiger partial charge in [-0.3, -0.25) is 0 Å². The van der Waals surface area contributed by atoms with Gasteiger partial charge in [0.1, 0.15) is 12.7 Å². The number of aliphatic hydroxyl groups excluding tert-OH is 2. The maximum atomic E-state index is 13.2. The number of β-amino-alcohol motifs (C(OH)–C–C–N with tert-alkyl or cyclic N) is 1. The van der Waals surface area contributed by atoms with Gasteiger partial charge in [0.15, 0.2) is 11.6 Å². The van der Waals surface area contributed by atoms with Gasteiger partial charge in [-0.1, -0.05) is 12.1 Å². The van der Waals surface area contributed by atoms with Crippen molar-refractivity contribution in [1.82, 2.24) is 5.32 Å². The summed E-state index contributed by atoms with van der Waals surface area (Å²) in [5, 5.41) is 21.7. The molecule has 1 aromatic carbocycles. The number of halogens is 1. The lowest BCUT2D eigenvalue weighted by Crippen LogP contribution is -2.47. The molecule has 1 aromatic rings. The Morgan fingerprint density at radius 3 is 2.67 bits per heavy atom. The van der Waals surface area contributed by atoms with E-state index in [1.165, 1.54) is 12.1 Å². The second kappa shape index (κ2) is 6.68. The van der Waals surface area contributed by atoms with Crippen molar-refractivity contribution in [3.63, 3.8) is 0 Å². The Hall–Kier alpha value is -1.17. The van der Waals surface area contributed by atoms with E-state index >= 15 is 0 Å². The van der Waals surface area contributed by atoms with Gasteiger partial charge < -0.3 is 20.3 Å². The first-order valence-corrected chi connectivity index (χ1v) is 5.86. The fourth-order valence-corrected chi connectivity index (χ4v) is 1.26. The van der Waals surface area contributed by atoms with Crippen molar-refractivity contribution in [2.45, 2.75) is 25.5 Å². The van der Waals surface area contributed by atoms with E-state index in [0.29, 0.717) is 0 Å². The maximum absolute atomic E-state index is 13.2. The fraction of sp³-hybridized carbons (Fsp3) is 0.538. The molecule has 3 N–H and O–H groups in total. The third-order valence-electron chi connectivity index (χ3n) is 2.48. The molecule has 0 aliphatic carbocycles. The van der Waals surface area contributed by atoms with Crippen LogP contribution in [0, 0.1) is 5.82 Å². The van der Waals surface area contributed by atoms with E-state index in [9.17, 15) is 9.50 Å². The number of nitrogens with one attached hydrogen (secondary N) is 1. The predicted octanol–water partition coefficient (Wildman–Crippen LogP) is 0.926. The van der Waals surface area contributed by atoms with Crippen LogP contribution in [0.5, 0.6) is 5.75 Å². The average molecular weight is 257 g/mol. The van der Waals surface area contributed by atoms with Crippen LogP contribution in [0.4, 0.5) is 4.39 Å². The SMILES string of the molecule is CC(C)(CO)NCC(O)COc1ccccc1F. The van der Waals surface area contributed by atoms with Gasteiger partial charge in [-0.2, -0.15) is 0 Å². The number of para-hydroxylation sites is 1. The summed E-state index contributed by atoms with van der Waals surface area (Å²) in [5.41, 5.74) is -0.459. The van der Waals surface area contributed by atoms with Crippen molar-refractivity contribution in [1.29, 1.82) is 0 Å². The normalized spacial score (nSPS) is 13.4. The molecule has 0 heterocycles. The number of benzene rings is 1. The fourth-order valence-electron chi connectivity index (χ4n) is 1.26. The highest BCUT2D eigenvalue weighted by molar-refractivity contribution is 5.23. The summed E-state index contributed by atoms with van der Waals surface area (Å²) in [5.74, 6) is -0.327. The number of ether oxygens (including phenoxy) is 1. The van der Waals surface area contributed by atoms with Crippen LogP contribution in [0.3, 0.4) is 0 Å². The van der Waals surface area contributed by atoms with Gasteiger partial charge in [-0.15, -0.1) is 0 Å². The number of rotatable bonds is 7. The molecule has 102 valence electrons. The molecule has 0 saturated heterocycles. The smallest absolute Gasteiger partial charge is 0.165 e. The van der Waals surface area contributed by atoms with Crippen molar-refractivity contribution in [2.24, 2.45) is 0 Å². The molecule has 0 aliphatic heterocycles. The van der Waals surface area contributed by atoms with Gasteiger partial charge >= 0.3 is 0 Å². The second-order valence-corrected chi connectivity index (χ2v) is 4.82. The van der Waals surface area contributed by atoms with Crippen LogP contribution in [0.2, 0.25) is 0 Å². The molecule has 0 fully saturated rings. The summed E-state index contributed by atoms with van der Waals surface area (Å²) in [6, 6.07) is 6.05. The average Bonchev–Trinajstić information content (AvgIpc) is 2.35. The predicted molar refractivity (Wildman–Crippen MR) is 67.1 cm³/mol. The standard InChI is InChI=1S/C13H20FNO3/c1-13(2,9-16)15-7-10(17)8-18-12-6-4-3-5-11(12)14/h3-6,10,15-17H,7-9H2,1-2H3. The highest BCUT2D eigenvalue weighted by Gasteiger charge is 2.17. The zero-order valence-corrected chi connectivity index (χ0v) is 10.7. The van der Waals surface area contributed by atoms with Gasteiger partial charge in [0.2, 0.25) is 0 Å². The monoisotopic (exact) mass is 257 g/mol. The largest absolute Gasteiger partial charge is 0.488 e. The number of hydrogen-bond acceptors (Lipinski definition) is 4. The summed E-state index contributed by atoms with van der Waals surface area (Å²) in [6.45, 7) is 3.86. The van der Waals surface area contributed by atoms with Crippen LogP contribution in [0.25, 0.3) is 0 Å². The quantitative estimate of drug-likeness (QED) is 0.680. The molecule has 4 nitrogen and oxygen atoms in total. The van der Waals surface area contributed by atoms with E-state index in [0.717, 1.165) is 0 Å². The number of hydrogen-bond donors (Lipinski definition) is 3. The van der Waals surface area contributed by atoms with Crippen LogP contribution in [0.15, 0.2) is 24.3 Å². The van der Waals surface area contributed by atoms with E-state index in [2.05, 4.69) is 5.32 Å². The minimum absolute atomic E-state index is 0.00452. The first kappa shape index (κ1) is 14.9. The molecular weight excluding hydrogens is 237 g/mol. The van der Waals surface area contributed by atoms with Crippen molar-refractivity contribution in [2.75, 3.05) is 19.8 Å². The Morgan fingerprint density at radius 1 is 1.39 bits per heavy atom. The zero-order valence-electron chi connectivity index (χ0n) is 10.7. The van der Waals surface area contributed by atoms with Crippen LogP contribution < -0.4 is 10.1 Å². The zero-order chi connectivity index (χ0) is 13.6. The van der Waals surface area contributed by atoms with E-state index in [1.807, 2.05) is 13.8 Å². The topological polar surface area (TPSA) is 61.7 Å². The summed E-state index contributed by atoms with van der Waals surface area (Å²) < 4.78 is 18.4. The summed E-state index contributed by atoms with van der Waals surface area (Å²) in [7, 11) is 0. The molecule has 0 amide bonds. The lowest BCUT2D eigenvalue weighted by atomic mass is 10.1. The van der Waals surface area contributed by atoms with Crippen LogP contribution in [-0.4, -0.2) is 41.6 Å². The Kier molecular flexibility index (Phi) is 5.53. The minimum atomic E-state index is -0.768. The van der Waals surface area contributed by atoms with Crippen molar-refractivity contribution >= 4 is 0 Å². The third kappa shape index (κ3) is 5.00. The lowest BCUT2D eigenvalue weighted by Gasteiger charge is -2.25. The second-order valence-electron chi connectivity index (χ2n) is 4.82. The summed E-state index contributed by atoms with van der Waals surface area (Å²) >= 11 is 0. The van der Waals surface area contributed by atoms with Crippen molar-refractivity contribution in [3.8, 4) is 5.75 Å². The van der Waals surface area contributed by atoms with E-state index in [4.69, 9.17) is 9.84 Å². The summed E-state index contributed by atoms with van der Waals surface area (Å²) in [4.78, 5) is 0. The Morgan fingerprint density at radius 2 is 2.06 bits per heavy atom. The third-order valence-corrected chi connectivity index (χ3v) is 2.48. The first-order chi connectivity index (χ1) is 8.44. The highest BCUT2D eigenvalue weighted by atomic mass is 19.1. The molecule has 0 spiro atoms. The first-order valence-electron chi connectivity index (χ1n) is 5.86. The molecule has 0 aromatic heterocycles. The van der Waals surface area contributed by atoms with Gasteiger partial charge in [0.25, 0.3) is 0 Å². The van der Waals surface area contributed by atoms with E-state index < -0.39 is 17.5 Å². The molecular formula is C13H20FNO3. The molecule has 1 unspecified atom stereocenters. The molecule has 0 radical (unpaired) electrons. The molecule has 0 saturated carbocycles.